The standard InChI is InChI=1S/C26H22Br2O4/c1-15-4-3-5-19(14-15)22(16(2)26(31)32)23(24(29)17-6-10-20(27)11-7-17)25(30)18-8-12-21(28)13-9-18/h3-14,16,22-23H,1-2H3,(H,31,32). The van der Waals surface area contributed by atoms with Crippen LogP contribution in [0.5, 0.6) is 0 Å². The summed E-state index contributed by atoms with van der Waals surface area (Å²) in [4.78, 5) is 39.5. The molecule has 0 aliphatic carbocycles. The number of benzene rings is 3. The molecule has 2 unspecified atom stereocenters. The van der Waals surface area contributed by atoms with E-state index >= 15 is 0 Å². The van der Waals surface area contributed by atoms with Gasteiger partial charge < -0.3 is 5.11 Å². The first-order chi connectivity index (χ1) is 15.2. The summed E-state index contributed by atoms with van der Waals surface area (Å²) in [5, 5.41) is 9.87. The van der Waals surface area contributed by atoms with E-state index in [9.17, 15) is 19.5 Å². The Hall–Kier alpha value is -2.57. The Balaban J connectivity index is 2.20. The molecule has 0 aliphatic heterocycles. The summed E-state index contributed by atoms with van der Waals surface area (Å²) in [5.74, 6) is -4.84. The van der Waals surface area contributed by atoms with Crippen LogP contribution in [-0.4, -0.2) is 22.6 Å². The van der Waals surface area contributed by atoms with Gasteiger partial charge in [-0.3, -0.25) is 14.4 Å². The summed E-state index contributed by atoms with van der Waals surface area (Å²) in [6.45, 7) is 3.44. The Labute approximate surface area is 203 Å². The monoisotopic (exact) mass is 556 g/mol. The first kappa shape index (κ1) is 24.1. The quantitative estimate of drug-likeness (QED) is 0.247. The van der Waals surface area contributed by atoms with Gasteiger partial charge in [-0.15, -0.1) is 0 Å². The lowest BCUT2D eigenvalue weighted by atomic mass is 9.71. The van der Waals surface area contributed by atoms with E-state index in [4.69, 9.17) is 0 Å². The Bertz CT molecular complexity index is 1080. The topological polar surface area (TPSA) is 71.4 Å². The van der Waals surface area contributed by atoms with E-state index in [1.54, 1.807) is 61.5 Å². The number of aryl methyl sites for hydroxylation is 1. The Morgan fingerprint density at radius 2 is 1.25 bits per heavy atom. The second-order valence-corrected chi connectivity index (χ2v) is 9.62. The van der Waals surface area contributed by atoms with Crippen molar-refractivity contribution >= 4 is 49.4 Å². The van der Waals surface area contributed by atoms with Crippen LogP contribution in [0.2, 0.25) is 0 Å². The largest absolute Gasteiger partial charge is 0.481 e. The average Bonchev–Trinajstić information content (AvgIpc) is 2.77. The molecule has 0 fully saturated rings. The van der Waals surface area contributed by atoms with Gasteiger partial charge in [-0.05, 0) is 36.8 Å². The van der Waals surface area contributed by atoms with Gasteiger partial charge in [-0.25, -0.2) is 0 Å². The van der Waals surface area contributed by atoms with Gasteiger partial charge in [0.15, 0.2) is 11.6 Å². The average molecular weight is 558 g/mol. The molecule has 0 saturated heterocycles. The number of carbonyl (C=O) groups excluding carboxylic acids is 2. The Morgan fingerprint density at radius 1 is 0.781 bits per heavy atom. The molecule has 3 rings (SSSR count). The maximum Gasteiger partial charge on any atom is 0.306 e. The molecule has 3 aromatic rings. The molecule has 0 bridgehead atoms. The van der Waals surface area contributed by atoms with E-state index in [0.29, 0.717) is 16.7 Å². The highest BCUT2D eigenvalue weighted by atomic mass is 79.9. The molecule has 0 aliphatic rings. The van der Waals surface area contributed by atoms with Crippen molar-refractivity contribution in [3.05, 3.63) is 104 Å². The van der Waals surface area contributed by atoms with Crippen LogP contribution >= 0.6 is 31.9 Å². The van der Waals surface area contributed by atoms with Crippen molar-refractivity contribution in [3.8, 4) is 0 Å². The molecule has 0 amide bonds. The SMILES string of the molecule is Cc1cccc(C(C(C)C(=O)O)C(C(=O)c2ccc(Br)cc2)C(=O)c2ccc(Br)cc2)c1. The number of carbonyl (C=O) groups is 3. The molecule has 32 heavy (non-hydrogen) atoms. The predicted octanol–water partition coefficient (Wildman–Crippen LogP) is 6.71. The number of hydrogen-bond donors (Lipinski definition) is 1. The summed E-state index contributed by atoms with van der Waals surface area (Å²) in [6.07, 6.45) is 0. The van der Waals surface area contributed by atoms with E-state index in [2.05, 4.69) is 31.9 Å². The van der Waals surface area contributed by atoms with Crippen molar-refractivity contribution in [2.75, 3.05) is 0 Å². The second kappa shape index (κ2) is 10.4. The molecule has 0 saturated carbocycles. The fourth-order valence-electron chi connectivity index (χ4n) is 3.83. The van der Waals surface area contributed by atoms with Gasteiger partial charge in [0, 0.05) is 26.0 Å². The summed E-state index contributed by atoms with van der Waals surface area (Å²) >= 11 is 6.72. The molecule has 2 atom stereocenters. The minimum atomic E-state index is -1.19. The number of rotatable bonds is 8. The third-order valence-electron chi connectivity index (χ3n) is 5.54. The molecule has 164 valence electrons. The van der Waals surface area contributed by atoms with E-state index in [-0.39, 0.29) is 0 Å². The first-order valence-corrected chi connectivity index (χ1v) is 11.7. The lowest BCUT2D eigenvalue weighted by Crippen LogP contribution is -2.36. The fourth-order valence-corrected chi connectivity index (χ4v) is 4.36. The van der Waals surface area contributed by atoms with E-state index < -0.39 is 35.3 Å². The van der Waals surface area contributed by atoms with Crippen LogP contribution in [0.4, 0.5) is 0 Å². The van der Waals surface area contributed by atoms with Gasteiger partial charge in [0.25, 0.3) is 0 Å². The summed E-state index contributed by atoms with van der Waals surface area (Å²) < 4.78 is 1.61. The highest BCUT2D eigenvalue weighted by molar-refractivity contribution is 9.10. The number of carboxylic acids is 1. The smallest absolute Gasteiger partial charge is 0.306 e. The number of halogens is 2. The van der Waals surface area contributed by atoms with E-state index in [1.807, 2.05) is 25.1 Å². The summed E-state index contributed by atoms with van der Waals surface area (Å²) in [6, 6.07) is 20.9. The number of aliphatic carboxylic acids is 1. The van der Waals surface area contributed by atoms with Gasteiger partial charge in [0.2, 0.25) is 0 Å². The van der Waals surface area contributed by atoms with Gasteiger partial charge in [0.1, 0.15) is 0 Å². The Morgan fingerprint density at radius 3 is 1.66 bits per heavy atom. The molecule has 6 heteroatoms. The Kier molecular flexibility index (Phi) is 7.80. The van der Waals surface area contributed by atoms with Crippen LogP contribution in [0.1, 0.15) is 44.7 Å². The van der Waals surface area contributed by atoms with Crippen molar-refractivity contribution in [3.63, 3.8) is 0 Å². The number of ketones is 2. The van der Waals surface area contributed by atoms with Crippen LogP contribution in [0, 0.1) is 18.8 Å². The maximum atomic E-state index is 13.7. The van der Waals surface area contributed by atoms with Gasteiger partial charge >= 0.3 is 5.97 Å². The molecule has 3 aromatic carbocycles. The first-order valence-electron chi connectivity index (χ1n) is 10.1. The van der Waals surface area contributed by atoms with Crippen molar-refractivity contribution in [2.45, 2.75) is 19.8 Å². The zero-order valence-corrected chi connectivity index (χ0v) is 20.8. The van der Waals surface area contributed by atoms with Crippen molar-refractivity contribution in [1.29, 1.82) is 0 Å². The summed E-state index contributed by atoms with van der Waals surface area (Å²) in [7, 11) is 0. The van der Waals surface area contributed by atoms with Gasteiger partial charge in [0.05, 0.1) is 11.8 Å². The fraction of sp³-hybridized carbons (Fsp3) is 0.192. The van der Waals surface area contributed by atoms with Crippen LogP contribution < -0.4 is 0 Å². The molecule has 0 spiro atoms. The minimum Gasteiger partial charge on any atom is -0.481 e. The molecule has 0 aromatic heterocycles. The number of hydrogen-bond acceptors (Lipinski definition) is 3. The van der Waals surface area contributed by atoms with Crippen molar-refractivity contribution in [2.24, 2.45) is 11.8 Å². The third-order valence-corrected chi connectivity index (χ3v) is 6.59. The van der Waals surface area contributed by atoms with Crippen LogP contribution in [-0.2, 0) is 4.79 Å². The van der Waals surface area contributed by atoms with Crippen LogP contribution in [0.25, 0.3) is 0 Å². The van der Waals surface area contributed by atoms with E-state index in [1.165, 1.54) is 0 Å². The lowest BCUT2D eigenvalue weighted by Gasteiger charge is -2.29. The zero-order chi connectivity index (χ0) is 23.4. The third kappa shape index (κ3) is 5.43. The normalized spacial score (nSPS) is 12.9. The van der Waals surface area contributed by atoms with Gasteiger partial charge in [-0.1, -0.05) is 92.9 Å². The second-order valence-electron chi connectivity index (χ2n) is 7.79. The van der Waals surface area contributed by atoms with Crippen LogP contribution in [0.3, 0.4) is 0 Å². The molecule has 0 heterocycles. The number of Topliss-reactive ketones (excluding diaryl/α,β-unsaturated/α-hetero) is 2. The van der Waals surface area contributed by atoms with Crippen molar-refractivity contribution in [1.82, 2.24) is 0 Å². The molecule has 0 radical (unpaired) electrons. The van der Waals surface area contributed by atoms with Gasteiger partial charge in [-0.2, -0.15) is 0 Å². The maximum absolute atomic E-state index is 13.7. The van der Waals surface area contributed by atoms with Crippen LogP contribution in [0.15, 0.2) is 81.7 Å². The number of carboxylic acid groups (broad SMARTS) is 1. The highest BCUT2D eigenvalue weighted by Crippen LogP contribution is 2.37. The summed E-state index contributed by atoms with van der Waals surface area (Å²) in [5.41, 5.74) is 2.30. The minimum absolute atomic E-state index is 0.360. The predicted molar refractivity (Wildman–Crippen MR) is 131 cm³/mol. The highest BCUT2D eigenvalue weighted by Gasteiger charge is 2.41. The molecule has 4 nitrogen and oxygen atoms in total. The molecule has 1 N–H and O–H groups in total. The van der Waals surface area contributed by atoms with Crippen molar-refractivity contribution < 1.29 is 19.5 Å². The lowest BCUT2D eigenvalue weighted by molar-refractivity contribution is -0.142. The molecular weight excluding hydrogens is 536 g/mol. The zero-order valence-electron chi connectivity index (χ0n) is 17.6. The molecular formula is C26H22Br2O4. The van der Waals surface area contributed by atoms with E-state index in [0.717, 1.165) is 14.5 Å².